The molecular weight excluding hydrogens is 534 g/mol. The van der Waals surface area contributed by atoms with Crippen molar-refractivity contribution >= 4 is 33.8 Å². The highest BCUT2D eigenvalue weighted by Crippen LogP contribution is 2.66. The molecule has 192 valence electrons. The number of phenolic OH excluding ortho intramolecular Hbond substituents is 2. The maximum absolute atomic E-state index is 15.3. The standard InChI is InChI=1S/C27H18F6O2S2/c1-13-19(11-21(36-13)15-3-7-17(34)8-4-15)23-24(26(30,31)27(32,33)25(23,28)29)20-12-22(37-14(20)2)16-5-9-18(35)10-6-16/h3-12,34-35H,1-2H3. The molecule has 0 amide bonds. The van der Waals surface area contributed by atoms with Crippen molar-refractivity contribution in [2.24, 2.45) is 0 Å². The van der Waals surface area contributed by atoms with Crippen LogP contribution in [0.4, 0.5) is 26.3 Å². The van der Waals surface area contributed by atoms with Crippen LogP contribution < -0.4 is 0 Å². The molecular formula is C27H18F6O2S2. The summed E-state index contributed by atoms with van der Waals surface area (Å²) in [4.78, 5) is 1.16. The van der Waals surface area contributed by atoms with Gasteiger partial charge in [0.25, 0.3) is 0 Å². The molecule has 4 aromatic rings. The zero-order chi connectivity index (χ0) is 26.9. The minimum Gasteiger partial charge on any atom is -0.508 e. The number of allylic oxidation sites excluding steroid dienone is 2. The van der Waals surface area contributed by atoms with Crippen molar-refractivity contribution in [3.05, 3.63) is 81.5 Å². The van der Waals surface area contributed by atoms with E-state index in [0.717, 1.165) is 22.7 Å². The van der Waals surface area contributed by atoms with Gasteiger partial charge in [-0.15, -0.1) is 22.7 Å². The number of hydrogen-bond acceptors (Lipinski definition) is 4. The summed E-state index contributed by atoms with van der Waals surface area (Å²) in [6.07, 6.45) is 0. The first-order valence-corrected chi connectivity index (χ1v) is 12.6. The molecule has 0 unspecified atom stereocenters. The van der Waals surface area contributed by atoms with Crippen LogP contribution in [0.5, 0.6) is 11.5 Å². The Morgan fingerprint density at radius 2 is 0.892 bits per heavy atom. The van der Waals surface area contributed by atoms with Gasteiger partial charge in [0, 0.05) is 30.7 Å². The van der Waals surface area contributed by atoms with E-state index in [1.54, 1.807) is 0 Å². The normalized spacial score (nSPS) is 17.9. The lowest BCUT2D eigenvalue weighted by Crippen LogP contribution is -2.48. The molecule has 0 aliphatic heterocycles. The molecule has 2 aromatic heterocycles. The molecule has 0 spiro atoms. The van der Waals surface area contributed by atoms with Gasteiger partial charge >= 0.3 is 17.8 Å². The molecule has 2 heterocycles. The Hall–Kier alpha value is -3.24. The van der Waals surface area contributed by atoms with Gasteiger partial charge in [-0.1, -0.05) is 0 Å². The monoisotopic (exact) mass is 552 g/mol. The molecule has 0 bridgehead atoms. The molecule has 0 fully saturated rings. The lowest BCUT2D eigenvalue weighted by Gasteiger charge is -2.25. The Kier molecular flexibility index (Phi) is 5.76. The van der Waals surface area contributed by atoms with Crippen LogP contribution in [-0.2, 0) is 0 Å². The summed E-state index contributed by atoms with van der Waals surface area (Å²) in [5.74, 6) is -16.0. The van der Waals surface area contributed by atoms with Gasteiger partial charge in [-0.25, -0.2) is 0 Å². The van der Waals surface area contributed by atoms with Gasteiger partial charge in [-0.2, -0.15) is 26.3 Å². The van der Waals surface area contributed by atoms with Crippen molar-refractivity contribution < 1.29 is 36.6 Å². The number of aromatic hydroxyl groups is 2. The summed E-state index contributed by atoms with van der Waals surface area (Å²) in [5.41, 5.74) is -2.50. The first-order valence-electron chi connectivity index (χ1n) is 10.9. The Bertz CT molecular complexity index is 1420. The number of alkyl halides is 6. The fourth-order valence-corrected chi connectivity index (χ4v) is 6.49. The van der Waals surface area contributed by atoms with Crippen molar-refractivity contribution in [2.45, 2.75) is 31.6 Å². The van der Waals surface area contributed by atoms with Crippen molar-refractivity contribution in [1.29, 1.82) is 0 Å². The third-order valence-electron chi connectivity index (χ3n) is 6.34. The summed E-state index contributed by atoms with van der Waals surface area (Å²) in [6, 6.07) is 14.0. The topological polar surface area (TPSA) is 40.5 Å². The molecule has 2 aromatic carbocycles. The molecule has 1 aliphatic rings. The van der Waals surface area contributed by atoms with Crippen molar-refractivity contribution in [1.82, 2.24) is 0 Å². The number of phenols is 2. The van der Waals surface area contributed by atoms with Crippen LogP contribution >= 0.6 is 22.7 Å². The largest absolute Gasteiger partial charge is 0.508 e. The Balaban J connectivity index is 1.76. The summed E-state index contributed by atoms with van der Waals surface area (Å²) < 4.78 is 90.8. The zero-order valence-electron chi connectivity index (χ0n) is 19.3. The minimum absolute atomic E-state index is 0.0266. The first-order chi connectivity index (χ1) is 17.3. The number of benzene rings is 2. The summed E-state index contributed by atoms with van der Waals surface area (Å²) in [6.45, 7) is 2.84. The Labute approximate surface area is 215 Å². The third-order valence-corrected chi connectivity index (χ3v) is 8.54. The minimum atomic E-state index is -5.65. The van der Waals surface area contributed by atoms with Gasteiger partial charge in [0.15, 0.2) is 0 Å². The number of halogens is 6. The SMILES string of the molecule is Cc1sc(-c2ccc(O)cc2)cc1C1=C(c2cc(-c3ccc(O)cc3)sc2C)C(F)(F)C(F)(F)C1(F)F. The molecule has 0 atom stereocenters. The van der Waals surface area contributed by atoms with E-state index in [9.17, 15) is 19.0 Å². The van der Waals surface area contributed by atoms with E-state index < -0.39 is 28.9 Å². The van der Waals surface area contributed by atoms with E-state index >= 15 is 17.6 Å². The van der Waals surface area contributed by atoms with E-state index in [2.05, 4.69) is 0 Å². The number of aryl methyl sites for hydroxylation is 2. The molecule has 1 aliphatic carbocycles. The quantitative estimate of drug-likeness (QED) is 0.248. The predicted octanol–water partition coefficient (Wildman–Crippen LogP) is 9.00. The van der Waals surface area contributed by atoms with Crippen LogP contribution in [0.1, 0.15) is 20.9 Å². The number of thiophene rings is 2. The highest BCUT2D eigenvalue weighted by molar-refractivity contribution is 7.16. The second-order valence-corrected chi connectivity index (χ2v) is 11.2. The van der Waals surface area contributed by atoms with E-state index in [-0.39, 0.29) is 32.4 Å². The summed E-state index contributed by atoms with van der Waals surface area (Å²) in [7, 11) is 0. The average molecular weight is 553 g/mol. The van der Waals surface area contributed by atoms with Gasteiger partial charge in [0.1, 0.15) is 11.5 Å². The number of rotatable bonds is 4. The van der Waals surface area contributed by atoms with Gasteiger partial charge in [0.05, 0.1) is 0 Å². The lowest BCUT2D eigenvalue weighted by atomic mass is 9.94. The van der Waals surface area contributed by atoms with Gasteiger partial charge < -0.3 is 10.2 Å². The van der Waals surface area contributed by atoms with E-state index in [1.165, 1.54) is 74.5 Å². The molecule has 2 nitrogen and oxygen atoms in total. The van der Waals surface area contributed by atoms with Crippen molar-refractivity contribution in [3.63, 3.8) is 0 Å². The summed E-state index contributed by atoms with van der Waals surface area (Å²) in [5, 5.41) is 19.0. The van der Waals surface area contributed by atoms with E-state index in [4.69, 9.17) is 0 Å². The second kappa shape index (κ2) is 8.39. The first kappa shape index (κ1) is 25.4. The highest BCUT2D eigenvalue weighted by atomic mass is 32.1. The van der Waals surface area contributed by atoms with Crippen LogP contribution in [0.3, 0.4) is 0 Å². The maximum atomic E-state index is 15.3. The van der Waals surface area contributed by atoms with Crippen LogP contribution in [0.15, 0.2) is 60.7 Å². The Morgan fingerprint density at radius 1 is 0.568 bits per heavy atom. The third kappa shape index (κ3) is 3.76. The number of hydrogen-bond donors (Lipinski definition) is 2. The van der Waals surface area contributed by atoms with E-state index in [0.29, 0.717) is 20.9 Å². The van der Waals surface area contributed by atoms with Crippen LogP contribution in [0, 0.1) is 13.8 Å². The Morgan fingerprint density at radius 3 is 1.22 bits per heavy atom. The highest BCUT2D eigenvalue weighted by Gasteiger charge is 2.80. The zero-order valence-corrected chi connectivity index (χ0v) is 20.9. The second-order valence-electron chi connectivity index (χ2n) is 8.73. The molecule has 0 saturated carbocycles. The molecule has 10 heteroatoms. The molecule has 2 N–H and O–H groups in total. The fraction of sp³-hybridized carbons (Fsp3) is 0.185. The lowest BCUT2D eigenvalue weighted by molar-refractivity contribution is -0.254. The predicted molar refractivity (Wildman–Crippen MR) is 134 cm³/mol. The average Bonchev–Trinajstić information content (AvgIpc) is 3.42. The van der Waals surface area contributed by atoms with Crippen LogP contribution in [0.25, 0.3) is 32.0 Å². The van der Waals surface area contributed by atoms with Gasteiger partial charge in [-0.05, 0) is 96.8 Å². The molecule has 0 saturated heterocycles. The van der Waals surface area contributed by atoms with Crippen LogP contribution in [0.2, 0.25) is 0 Å². The molecule has 37 heavy (non-hydrogen) atoms. The van der Waals surface area contributed by atoms with Crippen molar-refractivity contribution in [2.75, 3.05) is 0 Å². The maximum Gasteiger partial charge on any atom is 0.380 e. The molecule has 0 radical (unpaired) electrons. The van der Waals surface area contributed by atoms with Gasteiger partial charge in [0.2, 0.25) is 0 Å². The van der Waals surface area contributed by atoms with Crippen molar-refractivity contribution in [3.8, 4) is 32.4 Å². The van der Waals surface area contributed by atoms with Crippen LogP contribution in [-0.4, -0.2) is 28.0 Å². The van der Waals surface area contributed by atoms with E-state index in [1.807, 2.05) is 0 Å². The fourth-order valence-electron chi connectivity index (χ4n) is 4.43. The van der Waals surface area contributed by atoms with Gasteiger partial charge in [-0.3, -0.25) is 0 Å². The smallest absolute Gasteiger partial charge is 0.380 e. The summed E-state index contributed by atoms with van der Waals surface area (Å²) >= 11 is 2.01. The molecule has 5 rings (SSSR count).